The molecule has 0 aromatic heterocycles. The van der Waals surface area contributed by atoms with Gasteiger partial charge in [0.15, 0.2) is 5.96 Å². The maximum Gasteiger partial charge on any atom is 0.310 e. The third kappa shape index (κ3) is 6.45. The molecule has 1 N–H and O–H groups in total. The maximum atomic E-state index is 11.8. The predicted octanol–water partition coefficient (Wildman–Crippen LogP) is 2.82. The lowest BCUT2D eigenvalue weighted by Gasteiger charge is -2.22. The summed E-state index contributed by atoms with van der Waals surface area (Å²) in [5, 5.41) is 3.43. The van der Waals surface area contributed by atoms with E-state index in [1.54, 1.807) is 7.05 Å². The number of carbonyl (C=O) groups excluding carboxylic acids is 1. The van der Waals surface area contributed by atoms with Crippen LogP contribution in [0.2, 0.25) is 0 Å². The lowest BCUT2D eigenvalue weighted by Crippen LogP contribution is -2.41. The van der Waals surface area contributed by atoms with Gasteiger partial charge in [-0.15, -0.1) is 0 Å². The number of nitrogens with zero attached hydrogens (tertiary/aromatic N) is 2. The van der Waals surface area contributed by atoms with E-state index in [2.05, 4.69) is 22.1 Å². The Hall–Kier alpha value is -1.30. The molecule has 0 spiro atoms. The van der Waals surface area contributed by atoms with Gasteiger partial charge in [-0.25, -0.2) is 0 Å². The number of ether oxygens (including phenoxy) is 2. The largest absolute Gasteiger partial charge is 0.469 e. The molecule has 2 aliphatic rings. The van der Waals surface area contributed by atoms with Crippen molar-refractivity contribution >= 4 is 11.9 Å². The van der Waals surface area contributed by atoms with Crippen molar-refractivity contribution in [3.05, 3.63) is 0 Å². The summed E-state index contributed by atoms with van der Waals surface area (Å²) in [6.45, 7) is 5.42. The predicted molar refractivity (Wildman–Crippen MR) is 104 cm³/mol. The fraction of sp³-hybridized carbons (Fsp3) is 0.900. The molecule has 6 heteroatoms. The van der Waals surface area contributed by atoms with E-state index >= 15 is 0 Å². The summed E-state index contributed by atoms with van der Waals surface area (Å²) in [6, 6.07) is 0. The third-order valence-corrected chi connectivity index (χ3v) is 5.64. The minimum absolute atomic E-state index is 0.0597. The van der Waals surface area contributed by atoms with Gasteiger partial charge in [0.2, 0.25) is 0 Å². The molecule has 0 bridgehead atoms. The Morgan fingerprint density at radius 2 is 1.92 bits per heavy atom. The molecule has 0 amide bonds. The molecule has 6 nitrogen and oxygen atoms in total. The van der Waals surface area contributed by atoms with Crippen LogP contribution in [0.5, 0.6) is 0 Å². The zero-order valence-corrected chi connectivity index (χ0v) is 16.8. The van der Waals surface area contributed by atoms with Crippen molar-refractivity contribution in [1.29, 1.82) is 0 Å². The number of nitrogens with one attached hydrogen (secondary N) is 1. The number of guanidine groups is 1. The van der Waals surface area contributed by atoms with Gasteiger partial charge in [0.05, 0.1) is 19.1 Å². The fourth-order valence-corrected chi connectivity index (χ4v) is 4.02. The van der Waals surface area contributed by atoms with Gasteiger partial charge >= 0.3 is 5.97 Å². The van der Waals surface area contributed by atoms with Gasteiger partial charge in [-0.3, -0.25) is 9.79 Å². The van der Waals surface area contributed by atoms with E-state index in [0.29, 0.717) is 12.6 Å². The first-order valence-corrected chi connectivity index (χ1v) is 10.3. The van der Waals surface area contributed by atoms with Crippen LogP contribution in [-0.4, -0.2) is 63.3 Å². The molecule has 150 valence electrons. The third-order valence-electron chi connectivity index (χ3n) is 5.64. The monoisotopic (exact) mass is 367 g/mol. The van der Waals surface area contributed by atoms with Crippen molar-refractivity contribution in [2.75, 3.05) is 40.4 Å². The number of esters is 1. The molecule has 1 aliphatic carbocycles. The van der Waals surface area contributed by atoms with Gasteiger partial charge in [-0.05, 0) is 38.0 Å². The first-order valence-electron chi connectivity index (χ1n) is 10.3. The summed E-state index contributed by atoms with van der Waals surface area (Å²) in [5.74, 6) is 1.00. The van der Waals surface area contributed by atoms with Crippen LogP contribution in [0.15, 0.2) is 4.99 Å². The van der Waals surface area contributed by atoms with Crippen molar-refractivity contribution < 1.29 is 14.3 Å². The smallest absolute Gasteiger partial charge is 0.310 e. The highest BCUT2D eigenvalue weighted by Gasteiger charge is 2.36. The van der Waals surface area contributed by atoms with Crippen LogP contribution in [0.4, 0.5) is 0 Å². The maximum absolute atomic E-state index is 11.8. The Morgan fingerprint density at radius 1 is 1.15 bits per heavy atom. The standard InChI is InChI=1S/C20H37N3O3/c1-16-14-23(15-18(16)19(24)25-3)20(21-2)22-12-8-5-9-13-26-17-10-6-4-7-11-17/h16-18H,4-15H2,1-3H3,(H,21,22). The van der Waals surface area contributed by atoms with Crippen LogP contribution >= 0.6 is 0 Å². The SMILES string of the molecule is CN=C(NCCCCCOC1CCCCC1)N1CC(C)C(C(=O)OC)C1. The number of hydrogen-bond acceptors (Lipinski definition) is 4. The summed E-state index contributed by atoms with van der Waals surface area (Å²) in [6.07, 6.45) is 10.5. The van der Waals surface area contributed by atoms with Gasteiger partial charge in [-0.1, -0.05) is 26.2 Å². The number of carbonyl (C=O) groups is 1. The highest BCUT2D eigenvalue weighted by Crippen LogP contribution is 2.24. The van der Waals surface area contributed by atoms with Crippen LogP contribution in [-0.2, 0) is 14.3 Å². The van der Waals surface area contributed by atoms with E-state index in [1.165, 1.54) is 39.2 Å². The van der Waals surface area contributed by atoms with Crippen molar-refractivity contribution in [2.24, 2.45) is 16.8 Å². The molecule has 1 saturated carbocycles. The summed E-state index contributed by atoms with van der Waals surface area (Å²) >= 11 is 0. The van der Waals surface area contributed by atoms with E-state index in [-0.39, 0.29) is 17.8 Å². The zero-order chi connectivity index (χ0) is 18.8. The van der Waals surface area contributed by atoms with Gasteiger partial charge < -0.3 is 19.7 Å². The van der Waals surface area contributed by atoms with Crippen molar-refractivity contribution in [1.82, 2.24) is 10.2 Å². The molecule has 2 fully saturated rings. The Balaban J connectivity index is 1.57. The van der Waals surface area contributed by atoms with Crippen LogP contribution in [0.25, 0.3) is 0 Å². The fourth-order valence-electron chi connectivity index (χ4n) is 4.02. The van der Waals surface area contributed by atoms with E-state index in [0.717, 1.165) is 44.9 Å². The van der Waals surface area contributed by atoms with Crippen LogP contribution < -0.4 is 5.32 Å². The average Bonchev–Trinajstić information content (AvgIpc) is 3.05. The minimum Gasteiger partial charge on any atom is -0.469 e. The van der Waals surface area contributed by atoms with Crippen LogP contribution in [0, 0.1) is 11.8 Å². The molecule has 0 radical (unpaired) electrons. The Bertz CT molecular complexity index is 450. The van der Waals surface area contributed by atoms with Crippen LogP contribution in [0.1, 0.15) is 58.3 Å². The summed E-state index contributed by atoms with van der Waals surface area (Å²) in [4.78, 5) is 18.4. The van der Waals surface area contributed by atoms with E-state index in [1.807, 2.05) is 0 Å². The molecule has 0 aromatic rings. The summed E-state index contributed by atoms with van der Waals surface area (Å²) in [7, 11) is 3.26. The zero-order valence-electron chi connectivity index (χ0n) is 16.8. The molecule has 1 saturated heterocycles. The van der Waals surface area contributed by atoms with Crippen molar-refractivity contribution in [2.45, 2.75) is 64.4 Å². The highest BCUT2D eigenvalue weighted by molar-refractivity contribution is 5.82. The average molecular weight is 368 g/mol. The second kappa shape index (κ2) is 11.4. The molecule has 2 rings (SSSR count). The number of hydrogen-bond donors (Lipinski definition) is 1. The molecule has 1 aliphatic heterocycles. The highest BCUT2D eigenvalue weighted by atomic mass is 16.5. The first-order chi connectivity index (χ1) is 12.7. The number of methoxy groups -OCH3 is 1. The topological polar surface area (TPSA) is 63.2 Å². The van der Waals surface area contributed by atoms with Gasteiger partial charge in [-0.2, -0.15) is 0 Å². The molecular formula is C20H37N3O3. The molecule has 26 heavy (non-hydrogen) atoms. The molecule has 2 atom stereocenters. The van der Waals surface area contributed by atoms with Crippen molar-refractivity contribution in [3.8, 4) is 0 Å². The number of aliphatic imine (C=N–C) groups is 1. The number of rotatable bonds is 8. The minimum atomic E-state index is -0.117. The summed E-state index contributed by atoms with van der Waals surface area (Å²) < 4.78 is 10.9. The number of unbranched alkanes of at least 4 members (excludes halogenated alkanes) is 2. The second-order valence-electron chi connectivity index (χ2n) is 7.68. The van der Waals surface area contributed by atoms with E-state index in [4.69, 9.17) is 9.47 Å². The first kappa shape index (κ1) is 21.0. The van der Waals surface area contributed by atoms with Crippen molar-refractivity contribution in [3.63, 3.8) is 0 Å². The van der Waals surface area contributed by atoms with Gasteiger partial charge in [0.25, 0.3) is 0 Å². The number of likely N-dealkylation sites (tertiary alicyclic amines) is 1. The molecule has 2 unspecified atom stereocenters. The Labute approximate surface area is 158 Å². The lowest BCUT2D eigenvalue weighted by atomic mass is 9.98. The quantitative estimate of drug-likeness (QED) is 0.309. The molecule has 1 heterocycles. The molecule has 0 aromatic carbocycles. The normalized spacial score (nSPS) is 24.7. The lowest BCUT2D eigenvalue weighted by molar-refractivity contribution is -0.145. The van der Waals surface area contributed by atoms with E-state index < -0.39 is 0 Å². The second-order valence-corrected chi connectivity index (χ2v) is 7.68. The van der Waals surface area contributed by atoms with Crippen LogP contribution in [0.3, 0.4) is 0 Å². The Morgan fingerprint density at radius 3 is 2.62 bits per heavy atom. The summed E-state index contributed by atoms with van der Waals surface area (Å²) in [5.41, 5.74) is 0. The van der Waals surface area contributed by atoms with Gasteiger partial charge in [0.1, 0.15) is 0 Å². The molecular weight excluding hydrogens is 330 g/mol. The van der Waals surface area contributed by atoms with E-state index in [9.17, 15) is 4.79 Å². The Kier molecular flexibility index (Phi) is 9.23. The van der Waals surface area contributed by atoms with Gasteiger partial charge in [0, 0.05) is 33.3 Å².